The summed E-state index contributed by atoms with van der Waals surface area (Å²) in [5.74, 6) is 2.31. The molecule has 280 valence electrons. The Hall–Kier alpha value is -5.16. The predicted octanol–water partition coefficient (Wildman–Crippen LogP) is 4.33. The number of hydrogen-bond donors (Lipinski definition) is 4. The zero-order valence-electron chi connectivity index (χ0n) is 30.3. The summed E-state index contributed by atoms with van der Waals surface area (Å²) in [4.78, 5) is 12.9. The van der Waals surface area contributed by atoms with Crippen LogP contribution in [0.5, 0.6) is 23.0 Å². The highest BCUT2D eigenvalue weighted by Crippen LogP contribution is 2.36. The number of amides is 1. The van der Waals surface area contributed by atoms with E-state index in [4.69, 9.17) is 34.2 Å². The van der Waals surface area contributed by atoms with Crippen LogP contribution in [-0.4, -0.2) is 76.4 Å². The van der Waals surface area contributed by atoms with Crippen LogP contribution in [0.25, 0.3) is 11.1 Å². The summed E-state index contributed by atoms with van der Waals surface area (Å²) in [5, 5.41) is 25.4. The minimum absolute atomic E-state index is 0.212. The monoisotopic (exact) mass is 724 g/mol. The minimum atomic E-state index is -0.858. The largest absolute Gasteiger partial charge is 0.489 e. The molecule has 12 heteroatoms. The van der Waals surface area contributed by atoms with Gasteiger partial charge in [-0.25, -0.2) is 0 Å². The molecule has 0 fully saturated rings. The van der Waals surface area contributed by atoms with Crippen molar-refractivity contribution in [3.05, 3.63) is 106 Å². The molecule has 0 saturated heterocycles. The Bertz CT molecular complexity index is 1860. The molecule has 0 unspecified atom stereocenters. The van der Waals surface area contributed by atoms with E-state index in [2.05, 4.69) is 29.7 Å². The van der Waals surface area contributed by atoms with Crippen LogP contribution in [0.3, 0.4) is 0 Å². The number of fused-ring (bicyclic) bond motifs is 1. The third kappa shape index (κ3) is 11.2. The molecule has 5 rings (SSSR count). The van der Waals surface area contributed by atoms with Crippen molar-refractivity contribution in [1.82, 2.24) is 10.6 Å². The first-order valence-corrected chi connectivity index (χ1v) is 17.7. The number of nitrogens with one attached hydrogen (secondary N) is 2. The molecule has 4 aromatic rings. The van der Waals surface area contributed by atoms with Gasteiger partial charge in [0, 0.05) is 31.3 Å². The van der Waals surface area contributed by atoms with E-state index in [1.807, 2.05) is 61.5 Å². The van der Waals surface area contributed by atoms with Crippen molar-refractivity contribution in [2.24, 2.45) is 5.73 Å². The zero-order chi connectivity index (χ0) is 37.4. The van der Waals surface area contributed by atoms with E-state index in [1.54, 1.807) is 12.1 Å². The predicted molar refractivity (Wildman–Crippen MR) is 200 cm³/mol. The highest BCUT2D eigenvalue weighted by molar-refractivity contribution is 5.81. The van der Waals surface area contributed by atoms with Crippen molar-refractivity contribution in [1.29, 1.82) is 5.26 Å². The second-order valence-electron chi connectivity index (χ2n) is 12.5. The fourth-order valence-corrected chi connectivity index (χ4v) is 5.85. The molecular formula is C41H48N4O8. The number of aliphatic hydroxyl groups is 1. The molecule has 1 atom stereocenters. The lowest BCUT2D eigenvalue weighted by atomic mass is 9.96. The SMILES string of the molecule is Cc1cc(OCc2cccc(-c3ccc4c(c3)OCCO4)c2C)cc(OCc2cccc(C#N)c2)c1CN[C@H](CO)C(=O)NCCOCCOCCN. The van der Waals surface area contributed by atoms with Gasteiger partial charge in [-0.05, 0) is 77.6 Å². The average molecular weight is 725 g/mol. The van der Waals surface area contributed by atoms with E-state index in [0.29, 0.717) is 69.9 Å². The number of hydrogen-bond acceptors (Lipinski definition) is 11. The molecule has 1 aliphatic rings. The molecule has 5 N–H and O–H groups in total. The van der Waals surface area contributed by atoms with Crippen LogP contribution in [0.15, 0.2) is 72.8 Å². The number of nitrogens with zero attached hydrogens (tertiary/aromatic N) is 1. The first kappa shape index (κ1) is 39.1. The molecule has 1 amide bonds. The van der Waals surface area contributed by atoms with Crippen LogP contribution in [0, 0.1) is 25.2 Å². The van der Waals surface area contributed by atoms with Crippen molar-refractivity contribution in [3.63, 3.8) is 0 Å². The lowest BCUT2D eigenvalue weighted by molar-refractivity contribution is -0.124. The molecule has 1 heterocycles. The second kappa shape index (κ2) is 20.2. The Labute approximate surface area is 310 Å². The Morgan fingerprint density at radius 2 is 1.72 bits per heavy atom. The highest BCUT2D eigenvalue weighted by Gasteiger charge is 2.20. The van der Waals surface area contributed by atoms with Crippen molar-refractivity contribution in [2.75, 3.05) is 59.3 Å². The molecule has 0 saturated carbocycles. The van der Waals surface area contributed by atoms with Gasteiger partial charge in [-0.3, -0.25) is 10.1 Å². The molecule has 4 aromatic carbocycles. The summed E-state index contributed by atoms with van der Waals surface area (Å²) in [5.41, 5.74) is 12.7. The van der Waals surface area contributed by atoms with Crippen molar-refractivity contribution < 1.29 is 38.3 Å². The lowest BCUT2D eigenvalue weighted by Crippen LogP contribution is -2.47. The first-order valence-electron chi connectivity index (χ1n) is 17.7. The van der Waals surface area contributed by atoms with E-state index in [-0.39, 0.29) is 25.6 Å². The van der Waals surface area contributed by atoms with E-state index in [9.17, 15) is 15.2 Å². The maximum Gasteiger partial charge on any atom is 0.239 e. The van der Waals surface area contributed by atoms with Crippen molar-refractivity contribution >= 4 is 5.91 Å². The van der Waals surface area contributed by atoms with Gasteiger partial charge in [0.25, 0.3) is 0 Å². The normalized spacial score (nSPS) is 12.5. The molecule has 0 aliphatic carbocycles. The first-order chi connectivity index (χ1) is 25.9. The Morgan fingerprint density at radius 3 is 2.51 bits per heavy atom. The molecular weight excluding hydrogens is 676 g/mol. The summed E-state index contributed by atoms with van der Waals surface area (Å²) < 4.78 is 35.0. The third-order valence-electron chi connectivity index (χ3n) is 8.75. The molecule has 53 heavy (non-hydrogen) atoms. The fraction of sp³-hybridized carbons (Fsp3) is 0.366. The topological polar surface area (TPSA) is 167 Å². The smallest absolute Gasteiger partial charge is 0.239 e. The summed E-state index contributed by atoms with van der Waals surface area (Å²) >= 11 is 0. The van der Waals surface area contributed by atoms with Crippen LogP contribution in [0.1, 0.15) is 33.4 Å². The molecule has 0 spiro atoms. The van der Waals surface area contributed by atoms with Gasteiger partial charge in [-0.15, -0.1) is 0 Å². The second-order valence-corrected chi connectivity index (χ2v) is 12.5. The van der Waals surface area contributed by atoms with E-state index in [0.717, 1.165) is 50.4 Å². The molecule has 0 aromatic heterocycles. The summed E-state index contributed by atoms with van der Waals surface area (Å²) in [7, 11) is 0. The van der Waals surface area contributed by atoms with E-state index >= 15 is 0 Å². The highest BCUT2D eigenvalue weighted by atomic mass is 16.6. The van der Waals surface area contributed by atoms with Gasteiger partial charge in [-0.1, -0.05) is 36.4 Å². The number of nitriles is 1. The number of carbonyl (C=O) groups is 1. The van der Waals surface area contributed by atoms with Crippen LogP contribution < -0.4 is 35.3 Å². The Kier molecular flexibility index (Phi) is 14.9. The summed E-state index contributed by atoms with van der Waals surface area (Å²) in [6.45, 7) is 7.81. The Balaban J connectivity index is 1.27. The van der Waals surface area contributed by atoms with Crippen LogP contribution in [-0.2, 0) is 34.0 Å². The van der Waals surface area contributed by atoms with E-state index < -0.39 is 12.6 Å². The van der Waals surface area contributed by atoms with Gasteiger partial charge >= 0.3 is 0 Å². The number of aliphatic hydroxyl groups excluding tert-OH is 1. The standard InChI is InChI=1S/C41H48N4O8/c1-28-19-34(52-27-33-7-4-8-35(29(33)2)32-9-10-38-40(21-32)51-18-17-50-38)22-39(53-26-31-6-3-5-30(20-31)23-43)36(28)24-45-37(25-46)41(47)44-12-14-49-16-15-48-13-11-42/h3-10,19-22,37,45-46H,11-18,24-27,42H2,1-2H3,(H,44,47)/t37-/m1/s1. The van der Waals surface area contributed by atoms with Crippen LogP contribution in [0.2, 0.25) is 0 Å². The zero-order valence-corrected chi connectivity index (χ0v) is 30.3. The van der Waals surface area contributed by atoms with Gasteiger partial charge in [0.1, 0.15) is 44.0 Å². The molecule has 1 aliphatic heterocycles. The van der Waals surface area contributed by atoms with Gasteiger partial charge < -0.3 is 44.6 Å². The molecule has 12 nitrogen and oxygen atoms in total. The quantitative estimate of drug-likeness (QED) is 0.0959. The van der Waals surface area contributed by atoms with Gasteiger partial charge in [0.05, 0.1) is 44.7 Å². The maximum absolute atomic E-state index is 12.9. The fourth-order valence-electron chi connectivity index (χ4n) is 5.85. The molecule has 0 bridgehead atoms. The van der Waals surface area contributed by atoms with Gasteiger partial charge in [0.15, 0.2) is 11.5 Å². The number of ether oxygens (including phenoxy) is 6. The molecule has 0 radical (unpaired) electrons. The van der Waals surface area contributed by atoms with Gasteiger partial charge in [-0.2, -0.15) is 5.26 Å². The van der Waals surface area contributed by atoms with Crippen LogP contribution in [0.4, 0.5) is 0 Å². The number of aryl methyl sites for hydroxylation is 1. The minimum Gasteiger partial charge on any atom is -0.489 e. The number of benzene rings is 4. The maximum atomic E-state index is 12.9. The third-order valence-corrected chi connectivity index (χ3v) is 8.75. The number of rotatable bonds is 20. The number of nitrogens with two attached hydrogens (primary N) is 1. The lowest BCUT2D eigenvalue weighted by Gasteiger charge is -2.21. The Morgan fingerprint density at radius 1 is 0.925 bits per heavy atom. The van der Waals surface area contributed by atoms with E-state index in [1.165, 1.54) is 0 Å². The van der Waals surface area contributed by atoms with Crippen molar-refractivity contribution in [2.45, 2.75) is 39.6 Å². The summed E-state index contributed by atoms with van der Waals surface area (Å²) in [6.07, 6.45) is 0. The van der Waals surface area contributed by atoms with Gasteiger partial charge in [0.2, 0.25) is 5.91 Å². The average Bonchev–Trinajstić information content (AvgIpc) is 3.18. The summed E-state index contributed by atoms with van der Waals surface area (Å²) in [6, 6.07) is 24.4. The van der Waals surface area contributed by atoms with Crippen LogP contribution >= 0.6 is 0 Å². The van der Waals surface area contributed by atoms with Crippen molar-refractivity contribution in [3.8, 4) is 40.2 Å². The number of carbonyl (C=O) groups excluding carboxylic acids is 1.